The Bertz CT molecular complexity index is 420. The summed E-state index contributed by atoms with van der Waals surface area (Å²) in [6.07, 6.45) is 2.26. The number of amides is 1. The minimum atomic E-state index is -0.118. The van der Waals surface area contributed by atoms with Crippen molar-refractivity contribution in [2.45, 2.75) is 46.2 Å². The van der Waals surface area contributed by atoms with Crippen molar-refractivity contribution in [2.75, 3.05) is 18.4 Å². The van der Waals surface area contributed by atoms with Crippen molar-refractivity contribution in [3.8, 4) is 0 Å². The third kappa shape index (κ3) is 4.94. The van der Waals surface area contributed by atoms with Crippen LogP contribution in [-0.4, -0.2) is 29.9 Å². The molecule has 0 fully saturated rings. The molecule has 0 radical (unpaired) electrons. The summed E-state index contributed by atoms with van der Waals surface area (Å²) in [6, 6.07) is 7.57. The zero-order valence-electron chi connectivity index (χ0n) is 12.9. The van der Waals surface area contributed by atoms with E-state index in [0.29, 0.717) is 6.54 Å². The number of anilines is 1. The molecule has 1 aromatic carbocycles. The Kier molecular flexibility index (Phi) is 7.26. The number of carbonyl (C=O) groups excluding carboxylic acids is 1. The van der Waals surface area contributed by atoms with Gasteiger partial charge in [-0.1, -0.05) is 32.4 Å². The van der Waals surface area contributed by atoms with Crippen LogP contribution in [0.1, 0.15) is 39.2 Å². The maximum atomic E-state index is 12.3. The van der Waals surface area contributed by atoms with E-state index >= 15 is 0 Å². The lowest BCUT2D eigenvalue weighted by Gasteiger charge is -2.26. The number of hydrogen-bond acceptors (Lipinski definition) is 3. The van der Waals surface area contributed by atoms with Gasteiger partial charge in [0.15, 0.2) is 0 Å². The monoisotopic (exact) mass is 277 g/mol. The molecule has 20 heavy (non-hydrogen) atoms. The second kappa shape index (κ2) is 8.72. The van der Waals surface area contributed by atoms with Crippen LogP contribution in [0.4, 0.5) is 5.69 Å². The van der Waals surface area contributed by atoms with Crippen molar-refractivity contribution < 1.29 is 4.79 Å². The molecule has 1 aromatic rings. The Hall–Kier alpha value is -1.39. The molecule has 112 valence electrons. The SMILES string of the molecule is CCCCN(CC)C(C)C(=O)Nc1cccc(CN)c1. The fraction of sp³-hybridized carbons (Fsp3) is 0.562. The summed E-state index contributed by atoms with van der Waals surface area (Å²) in [5.41, 5.74) is 7.45. The predicted octanol–water partition coefficient (Wildman–Crippen LogP) is 2.59. The summed E-state index contributed by atoms with van der Waals surface area (Å²) in [5.74, 6) is 0.0390. The van der Waals surface area contributed by atoms with Gasteiger partial charge in [0.2, 0.25) is 5.91 Å². The lowest BCUT2D eigenvalue weighted by Crippen LogP contribution is -2.42. The van der Waals surface area contributed by atoms with E-state index in [0.717, 1.165) is 37.2 Å². The van der Waals surface area contributed by atoms with Gasteiger partial charge in [-0.3, -0.25) is 9.69 Å². The van der Waals surface area contributed by atoms with Crippen LogP contribution in [0, 0.1) is 0 Å². The molecular weight excluding hydrogens is 250 g/mol. The van der Waals surface area contributed by atoms with Gasteiger partial charge in [-0.05, 0) is 44.1 Å². The number of benzene rings is 1. The molecule has 0 aliphatic rings. The molecule has 0 aliphatic heterocycles. The maximum Gasteiger partial charge on any atom is 0.241 e. The number of unbranched alkanes of at least 4 members (excludes halogenated alkanes) is 1. The molecule has 3 N–H and O–H groups in total. The summed E-state index contributed by atoms with van der Waals surface area (Å²) in [5, 5.41) is 2.97. The number of carbonyl (C=O) groups is 1. The fourth-order valence-corrected chi connectivity index (χ4v) is 2.18. The molecule has 0 bridgehead atoms. The van der Waals surface area contributed by atoms with Gasteiger partial charge in [-0.15, -0.1) is 0 Å². The van der Waals surface area contributed by atoms with Gasteiger partial charge in [0.25, 0.3) is 0 Å². The van der Waals surface area contributed by atoms with E-state index in [-0.39, 0.29) is 11.9 Å². The van der Waals surface area contributed by atoms with Crippen LogP contribution in [0.2, 0.25) is 0 Å². The fourth-order valence-electron chi connectivity index (χ4n) is 2.18. The molecule has 1 rings (SSSR count). The van der Waals surface area contributed by atoms with Crippen molar-refractivity contribution in [1.29, 1.82) is 0 Å². The Morgan fingerprint density at radius 1 is 1.40 bits per heavy atom. The highest BCUT2D eigenvalue weighted by Crippen LogP contribution is 2.12. The molecule has 4 heteroatoms. The van der Waals surface area contributed by atoms with Gasteiger partial charge in [0, 0.05) is 12.2 Å². The van der Waals surface area contributed by atoms with E-state index in [9.17, 15) is 4.79 Å². The van der Waals surface area contributed by atoms with Crippen molar-refractivity contribution in [3.05, 3.63) is 29.8 Å². The quantitative estimate of drug-likeness (QED) is 0.768. The van der Waals surface area contributed by atoms with E-state index < -0.39 is 0 Å². The van der Waals surface area contributed by atoms with Gasteiger partial charge >= 0.3 is 0 Å². The van der Waals surface area contributed by atoms with E-state index in [1.807, 2.05) is 31.2 Å². The standard InChI is InChI=1S/C16H27N3O/c1-4-6-10-19(5-2)13(3)16(20)18-15-9-7-8-14(11-15)12-17/h7-9,11,13H,4-6,10,12,17H2,1-3H3,(H,18,20). The van der Waals surface area contributed by atoms with Crippen LogP contribution in [0.25, 0.3) is 0 Å². The molecule has 1 unspecified atom stereocenters. The van der Waals surface area contributed by atoms with Crippen LogP contribution in [-0.2, 0) is 11.3 Å². The molecule has 0 heterocycles. The summed E-state index contributed by atoms with van der Waals surface area (Å²) >= 11 is 0. The van der Waals surface area contributed by atoms with Crippen LogP contribution in [0.3, 0.4) is 0 Å². The Labute approximate surface area is 122 Å². The molecule has 0 aromatic heterocycles. The number of likely N-dealkylation sites (N-methyl/N-ethyl adjacent to an activating group) is 1. The molecular formula is C16H27N3O. The molecule has 4 nitrogen and oxygen atoms in total. The van der Waals surface area contributed by atoms with Crippen LogP contribution < -0.4 is 11.1 Å². The molecule has 1 amide bonds. The molecule has 1 atom stereocenters. The zero-order chi connectivity index (χ0) is 15.0. The third-order valence-corrected chi connectivity index (χ3v) is 3.56. The minimum absolute atomic E-state index is 0.0390. The Morgan fingerprint density at radius 3 is 2.75 bits per heavy atom. The molecule has 0 saturated heterocycles. The highest BCUT2D eigenvalue weighted by molar-refractivity contribution is 5.94. The van der Waals surface area contributed by atoms with E-state index in [1.54, 1.807) is 0 Å². The smallest absolute Gasteiger partial charge is 0.241 e. The first-order valence-corrected chi connectivity index (χ1v) is 7.46. The second-order valence-electron chi connectivity index (χ2n) is 5.05. The number of nitrogens with zero attached hydrogens (tertiary/aromatic N) is 1. The van der Waals surface area contributed by atoms with E-state index in [2.05, 4.69) is 24.1 Å². The largest absolute Gasteiger partial charge is 0.326 e. The van der Waals surface area contributed by atoms with Gasteiger partial charge in [-0.25, -0.2) is 0 Å². The van der Waals surface area contributed by atoms with Crippen LogP contribution >= 0.6 is 0 Å². The van der Waals surface area contributed by atoms with Gasteiger partial charge in [0.1, 0.15) is 0 Å². The second-order valence-corrected chi connectivity index (χ2v) is 5.05. The number of rotatable bonds is 8. The Morgan fingerprint density at radius 2 is 2.15 bits per heavy atom. The average molecular weight is 277 g/mol. The van der Waals surface area contributed by atoms with Gasteiger partial charge in [-0.2, -0.15) is 0 Å². The van der Waals surface area contributed by atoms with Crippen molar-refractivity contribution in [1.82, 2.24) is 4.90 Å². The first-order chi connectivity index (χ1) is 9.62. The van der Waals surface area contributed by atoms with Crippen molar-refractivity contribution in [2.24, 2.45) is 5.73 Å². The Balaban J connectivity index is 2.63. The molecule has 0 saturated carbocycles. The van der Waals surface area contributed by atoms with E-state index in [4.69, 9.17) is 5.73 Å². The predicted molar refractivity (Wildman–Crippen MR) is 84.6 cm³/mol. The molecule has 0 aliphatic carbocycles. The summed E-state index contributed by atoms with van der Waals surface area (Å²) in [4.78, 5) is 14.5. The summed E-state index contributed by atoms with van der Waals surface area (Å²) in [7, 11) is 0. The van der Waals surface area contributed by atoms with Gasteiger partial charge < -0.3 is 11.1 Å². The zero-order valence-corrected chi connectivity index (χ0v) is 12.9. The van der Waals surface area contributed by atoms with Crippen molar-refractivity contribution in [3.63, 3.8) is 0 Å². The van der Waals surface area contributed by atoms with Crippen LogP contribution in [0.5, 0.6) is 0 Å². The average Bonchev–Trinajstić information content (AvgIpc) is 2.47. The number of hydrogen-bond donors (Lipinski definition) is 2. The van der Waals surface area contributed by atoms with Crippen LogP contribution in [0.15, 0.2) is 24.3 Å². The first kappa shape index (κ1) is 16.7. The number of nitrogens with two attached hydrogens (primary N) is 1. The maximum absolute atomic E-state index is 12.3. The lowest BCUT2D eigenvalue weighted by molar-refractivity contribution is -0.120. The minimum Gasteiger partial charge on any atom is -0.326 e. The summed E-state index contributed by atoms with van der Waals surface area (Å²) in [6.45, 7) is 8.55. The van der Waals surface area contributed by atoms with Crippen molar-refractivity contribution >= 4 is 11.6 Å². The summed E-state index contributed by atoms with van der Waals surface area (Å²) < 4.78 is 0. The highest BCUT2D eigenvalue weighted by atomic mass is 16.2. The highest BCUT2D eigenvalue weighted by Gasteiger charge is 2.19. The number of nitrogens with one attached hydrogen (secondary N) is 1. The topological polar surface area (TPSA) is 58.4 Å². The molecule has 0 spiro atoms. The van der Waals surface area contributed by atoms with E-state index in [1.165, 1.54) is 0 Å². The lowest BCUT2D eigenvalue weighted by atomic mass is 10.2. The third-order valence-electron chi connectivity index (χ3n) is 3.56. The van der Waals surface area contributed by atoms with Gasteiger partial charge in [0.05, 0.1) is 6.04 Å². The first-order valence-electron chi connectivity index (χ1n) is 7.46. The normalized spacial score (nSPS) is 12.4.